The second-order valence-electron chi connectivity index (χ2n) is 2.51. The Balaban J connectivity index is 3.43. The molecule has 0 saturated carbocycles. The van der Waals surface area contributed by atoms with Crippen molar-refractivity contribution in [2.24, 2.45) is 0 Å². The molecule has 0 aliphatic heterocycles. The van der Waals surface area contributed by atoms with E-state index in [4.69, 9.17) is 10.2 Å². The second kappa shape index (κ2) is 3.82. The molecule has 0 rings (SSSR count). The molecule has 9 heavy (non-hydrogen) atoms. The average molecular weight is 133 g/mol. The lowest BCUT2D eigenvalue weighted by molar-refractivity contribution is -0.866. The van der Waals surface area contributed by atoms with E-state index < -0.39 is 0 Å². The number of nitrogens with zero attached hydrogens (tertiary/aromatic N) is 1. The lowest BCUT2D eigenvalue weighted by Gasteiger charge is -2.26. The van der Waals surface area contributed by atoms with E-state index in [1.807, 2.05) is 7.05 Å². The van der Waals surface area contributed by atoms with Crippen LogP contribution in [-0.4, -0.2) is 48.0 Å². The Morgan fingerprint density at radius 2 is 1.56 bits per heavy atom. The van der Waals surface area contributed by atoms with Crippen LogP contribution in [0.3, 0.4) is 0 Å². The predicted octanol–water partition coefficient (Wildman–Crippen LogP) is -0.791. The molecule has 0 atom stereocenters. The highest BCUT2D eigenvalue weighted by molar-refractivity contribution is 4.33. The van der Waals surface area contributed by atoms with Gasteiger partial charge in [-0.2, -0.15) is 0 Å². The summed E-state index contributed by atoms with van der Waals surface area (Å²) in [6.07, 6.45) is 0. The molecule has 0 unspecified atom stereocenters. The van der Waals surface area contributed by atoms with Crippen LogP contribution in [0.1, 0.15) is 0 Å². The molecular weight excluding hydrogens is 118 g/mol. The molecule has 0 fully saturated rings. The molecule has 1 radical (unpaired) electrons. The van der Waals surface area contributed by atoms with Crippen LogP contribution >= 0.6 is 0 Å². The predicted molar refractivity (Wildman–Crippen MR) is 35.4 cm³/mol. The van der Waals surface area contributed by atoms with Gasteiger partial charge in [0, 0.05) is 0 Å². The average Bonchev–Trinajstić information content (AvgIpc) is 1.64. The number of aliphatic hydroxyl groups excluding tert-OH is 2. The molecule has 0 amide bonds. The number of likely N-dealkylation sites (N-methyl/N-ethyl adjacent to an activating group) is 1. The molecule has 0 heterocycles. The Morgan fingerprint density at radius 1 is 1.22 bits per heavy atom. The molecule has 0 saturated heterocycles. The van der Waals surface area contributed by atoms with Crippen LogP contribution in [0.2, 0.25) is 0 Å². The molecule has 55 valence electrons. The van der Waals surface area contributed by atoms with E-state index in [0.717, 1.165) is 0 Å². The van der Waals surface area contributed by atoms with Crippen LogP contribution in [0, 0.1) is 7.05 Å². The summed E-state index contributed by atoms with van der Waals surface area (Å²) in [5.41, 5.74) is 0. The van der Waals surface area contributed by atoms with Crippen molar-refractivity contribution in [3.8, 4) is 0 Å². The minimum Gasteiger partial charge on any atom is -0.391 e. The minimum absolute atomic E-state index is 0.125. The van der Waals surface area contributed by atoms with Crippen molar-refractivity contribution in [1.29, 1.82) is 0 Å². The molecule has 0 aromatic heterocycles. The zero-order chi connectivity index (χ0) is 7.33. The second-order valence-corrected chi connectivity index (χ2v) is 2.51. The first-order valence-electron chi connectivity index (χ1n) is 3.03. The van der Waals surface area contributed by atoms with Crippen molar-refractivity contribution >= 4 is 0 Å². The van der Waals surface area contributed by atoms with E-state index in [9.17, 15) is 0 Å². The third kappa shape index (κ3) is 4.39. The quantitative estimate of drug-likeness (QED) is 0.493. The zero-order valence-corrected chi connectivity index (χ0v) is 5.88. The number of hydrogen-bond acceptors (Lipinski definition) is 2. The molecule has 0 aromatic carbocycles. The fourth-order valence-corrected chi connectivity index (χ4v) is 0.595. The fourth-order valence-electron chi connectivity index (χ4n) is 0.595. The van der Waals surface area contributed by atoms with Crippen LogP contribution in [0.5, 0.6) is 0 Å². The zero-order valence-electron chi connectivity index (χ0n) is 5.88. The van der Waals surface area contributed by atoms with Crippen molar-refractivity contribution < 1.29 is 14.7 Å². The van der Waals surface area contributed by atoms with Crippen LogP contribution in [-0.2, 0) is 0 Å². The highest BCUT2D eigenvalue weighted by Crippen LogP contribution is 1.95. The fraction of sp³-hybridized carbons (Fsp3) is 0.833. The van der Waals surface area contributed by atoms with Gasteiger partial charge >= 0.3 is 0 Å². The number of rotatable bonds is 4. The molecule has 3 heteroatoms. The molecule has 0 aliphatic rings. The monoisotopic (exact) mass is 133 g/mol. The summed E-state index contributed by atoms with van der Waals surface area (Å²) in [6, 6.07) is 0. The lowest BCUT2D eigenvalue weighted by atomic mass is 10.4. The first-order valence-corrected chi connectivity index (χ1v) is 3.03. The van der Waals surface area contributed by atoms with E-state index in [1.54, 1.807) is 0 Å². The van der Waals surface area contributed by atoms with E-state index in [1.165, 1.54) is 0 Å². The Labute approximate surface area is 56.1 Å². The van der Waals surface area contributed by atoms with Gasteiger partial charge in [-0.3, -0.25) is 0 Å². The summed E-state index contributed by atoms with van der Waals surface area (Å²) in [4.78, 5) is 0. The van der Waals surface area contributed by atoms with Gasteiger partial charge in [0.25, 0.3) is 0 Å². The Morgan fingerprint density at radius 3 is 1.78 bits per heavy atom. The molecule has 0 spiro atoms. The van der Waals surface area contributed by atoms with Gasteiger partial charge in [0.1, 0.15) is 20.1 Å². The molecule has 3 nitrogen and oxygen atoms in total. The highest BCUT2D eigenvalue weighted by atomic mass is 16.3. The summed E-state index contributed by atoms with van der Waals surface area (Å²) >= 11 is 0. The van der Waals surface area contributed by atoms with Crippen LogP contribution in [0.25, 0.3) is 0 Å². The Kier molecular flexibility index (Phi) is 3.77. The lowest BCUT2D eigenvalue weighted by Crippen LogP contribution is -2.41. The van der Waals surface area contributed by atoms with Gasteiger partial charge in [0.2, 0.25) is 0 Å². The van der Waals surface area contributed by atoms with Gasteiger partial charge in [-0.25, -0.2) is 0 Å². The van der Waals surface area contributed by atoms with Crippen LogP contribution in [0.4, 0.5) is 0 Å². The standard InChI is InChI=1S/C6H15NO2/c1-7(2,3-5-8)4-6-9/h8-9H,1,3-6H2,2H3/q+1. The van der Waals surface area contributed by atoms with Crippen LogP contribution < -0.4 is 0 Å². The number of quaternary nitrogens is 1. The van der Waals surface area contributed by atoms with Crippen molar-refractivity contribution in [2.45, 2.75) is 0 Å². The van der Waals surface area contributed by atoms with Crippen molar-refractivity contribution in [3.63, 3.8) is 0 Å². The van der Waals surface area contributed by atoms with Crippen molar-refractivity contribution in [2.75, 3.05) is 33.4 Å². The van der Waals surface area contributed by atoms with Gasteiger partial charge in [-0.1, -0.05) is 0 Å². The van der Waals surface area contributed by atoms with Gasteiger partial charge in [-0.05, 0) is 0 Å². The van der Waals surface area contributed by atoms with Crippen molar-refractivity contribution in [1.82, 2.24) is 0 Å². The maximum atomic E-state index is 8.49. The Hall–Kier alpha value is -0.120. The minimum atomic E-state index is 0.125. The normalized spacial score (nSPS) is 12.0. The van der Waals surface area contributed by atoms with E-state index in [-0.39, 0.29) is 13.2 Å². The molecule has 0 aliphatic carbocycles. The molecular formula is C6H15NO2+. The smallest absolute Gasteiger partial charge is 0.128 e. The molecule has 0 bridgehead atoms. The molecule has 0 aromatic rings. The number of hydrogen-bond donors (Lipinski definition) is 2. The van der Waals surface area contributed by atoms with Gasteiger partial charge in [0.05, 0.1) is 20.3 Å². The summed E-state index contributed by atoms with van der Waals surface area (Å²) in [5, 5.41) is 17.0. The summed E-state index contributed by atoms with van der Waals surface area (Å²) in [6.45, 7) is 1.45. The van der Waals surface area contributed by atoms with E-state index in [0.29, 0.717) is 17.6 Å². The summed E-state index contributed by atoms with van der Waals surface area (Å²) in [5.74, 6) is 0. The van der Waals surface area contributed by atoms with E-state index >= 15 is 0 Å². The SMILES string of the molecule is [CH2][N+](C)(CCO)CCO. The third-order valence-electron chi connectivity index (χ3n) is 1.28. The first-order chi connectivity index (χ1) is 4.12. The highest BCUT2D eigenvalue weighted by Gasteiger charge is 2.12. The maximum absolute atomic E-state index is 8.49. The first kappa shape index (κ1) is 8.88. The maximum Gasteiger partial charge on any atom is 0.128 e. The Bertz CT molecular complexity index is 65.5. The van der Waals surface area contributed by atoms with Crippen LogP contribution in [0.15, 0.2) is 0 Å². The van der Waals surface area contributed by atoms with Gasteiger partial charge in [-0.15, -0.1) is 0 Å². The number of aliphatic hydroxyl groups is 2. The third-order valence-corrected chi connectivity index (χ3v) is 1.28. The van der Waals surface area contributed by atoms with E-state index in [2.05, 4.69) is 7.05 Å². The largest absolute Gasteiger partial charge is 0.391 e. The van der Waals surface area contributed by atoms with Gasteiger partial charge < -0.3 is 14.7 Å². The van der Waals surface area contributed by atoms with Gasteiger partial charge in [0.15, 0.2) is 0 Å². The summed E-state index contributed by atoms with van der Waals surface area (Å²) in [7, 11) is 5.63. The van der Waals surface area contributed by atoms with Crippen molar-refractivity contribution in [3.05, 3.63) is 7.05 Å². The summed E-state index contributed by atoms with van der Waals surface area (Å²) < 4.78 is 0.438. The topological polar surface area (TPSA) is 40.5 Å². The molecule has 2 N–H and O–H groups in total.